The molecule has 1 aliphatic rings. The quantitative estimate of drug-likeness (QED) is 0.664. The number of hydrogen-bond acceptors (Lipinski definition) is 6. The van der Waals surface area contributed by atoms with Crippen molar-refractivity contribution in [3.8, 4) is 6.07 Å². The van der Waals surface area contributed by atoms with Crippen LogP contribution in [0.4, 0.5) is 22.9 Å². The molecular formula is C23H22N6O. The lowest BCUT2D eigenvalue weighted by Gasteiger charge is -2.28. The number of hydrogen-bond donors (Lipinski definition) is 2. The summed E-state index contributed by atoms with van der Waals surface area (Å²) in [6, 6.07) is 17.1. The first-order chi connectivity index (χ1) is 14.7. The molecule has 4 rings (SSSR count). The first kappa shape index (κ1) is 19.4. The van der Waals surface area contributed by atoms with Crippen LogP contribution in [0.15, 0.2) is 60.9 Å². The maximum atomic E-state index is 12.4. The van der Waals surface area contributed by atoms with Crippen molar-refractivity contribution in [3.63, 3.8) is 0 Å². The van der Waals surface area contributed by atoms with Crippen molar-refractivity contribution in [1.29, 1.82) is 5.26 Å². The van der Waals surface area contributed by atoms with Gasteiger partial charge in [-0.25, -0.2) is 9.97 Å². The highest BCUT2D eigenvalue weighted by Crippen LogP contribution is 2.23. The summed E-state index contributed by atoms with van der Waals surface area (Å²) in [6.07, 6.45) is 6.74. The van der Waals surface area contributed by atoms with Crippen molar-refractivity contribution in [2.75, 3.05) is 28.6 Å². The Kier molecular flexibility index (Phi) is 5.85. The largest absolute Gasteiger partial charge is 0.372 e. The minimum Gasteiger partial charge on any atom is -0.372 e. The van der Waals surface area contributed by atoms with E-state index in [9.17, 15) is 4.79 Å². The van der Waals surface area contributed by atoms with E-state index in [0.29, 0.717) is 17.1 Å². The molecule has 2 N–H and O–H groups in total. The van der Waals surface area contributed by atoms with Crippen LogP contribution in [0.5, 0.6) is 0 Å². The van der Waals surface area contributed by atoms with Crippen LogP contribution >= 0.6 is 0 Å². The number of benzene rings is 2. The number of amides is 1. The summed E-state index contributed by atoms with van der Waals surface area (Å²) in [5.74, 6) is 0.136. The summed E-state index contributed by atoms with van der Waals surface area (Å²) in [5.41, 5.74) is 3.16. The second kappa shape index (κ2) is 9.05. The molecule has 7 heteroatoms. The molecule has 0 atom stereocenters. The Balaban J connectivity index is 1.38. The van der Waals surface area contributed by atoms with Crippen molar-refractivity contribution in [2.24, 2.45) is 0 Å². The average molecular weight is 398 g/mol. The van der Waals surface area contributed by atoms with E-state index in [1.165, 1.54) is 37.3 Å². The van der Waals surface area contributed by atoms with E-state index >= 15 is 0 Å². The Hall–Kier alpha value is -3.92. The first-order valence-corrected chi connectivity index (χ1v) is 9.97. The number of anilines is 4. The molecule has 2 aromatic carbocycles. The molecule has 0 radical (unpaired) electrons. The number of piperidine rings is 1. The number of rotatable bonds is 5. The van der Waals surface area contributed by atoms with Crippen molar-refractivity contribution >= 4 is 28.8 Å². The molecule has 0 unspecified atom stereocenters. The highest BCUT2D eigenvalue weighted by molar-refractivity contribution is 6.03. The lowest BCUT2D eigenvalue weighted by atomic mass is 10.1. The van der Waals surface area contributed by atoms with E-state index in [1.54, 1.807) is 24.3 Å². The maximum Gasteiger partial charge on any atom is 0.275 e. The second-order valence-electron chi connectivity index (χ2n) is 7.12. The summed E-state index contributed by atoms with van der Waals surface area (Å²) in [7, 11) is 0. The lowest BCUT2D eigenvalue weighted by Crippen LogP contribution is -2.29. The molecule has 0 spiro atoms. The molecule has 3 aromatic rings. The molecule has 1 aliphatic heterocycles. The number of carbonyl (C=O) groups excluding carboxylic acids is 1. The van der Waals surface area contributed by atoms with Crippen LogP contribution in [0.1, 0.15) is 35.3 Å². The van der Waals surface area contributed by atoms with E-state index in [2.05, 4.69) is 37.6 Å². The van der Waals surface area contributed by atoms with Crippen LogP contribution in [-0.4, -0.2) is 29.0 Å². The smallest absolute Gasteiger partial charge is 0.275 e. The van der Waals surface area contributed by atoms with Gasteiger partial charge in [-0.2, -0.15) is 5.26 Å². The third-order valence-electron chi connectivity index (χ3n) is 5.04. The SMILES string of the molecule is N#Cc1ccccc1NC(=O)c1cnc(Nc2ccc(N3CCCCC3)cc2)cn1. The van der Waals surface area contributed by atoms with Crippen LogP contribution in [0.3, 0.4) is 0 Å². The second-order valence-corrected chi connectivity index (χ2v) is 7.12. The molecule has 2 heterocycles. The topological polar surface area (TPSA) is 93.9 Å². The van der Waals surface area contributed by atoms with Gasteiger partial charge in [0.05, 0.1) is 23.6 Å². The molecule has 1 amide bonds. The number of nitrogens with one attached hydrogen (secondary N) is 2. The molecular weight excluding hydrogens is 376 g/mol. The van der Waals surface area contributed by atoms with E-state index in [-0.39, 0.29) is 5.69 Å². The van der Waals surface area contributed by atoms with Crippen molar-refractivity contribution < 1.29 is 4.79 Å². The summed E-state index contributed by atoms with van der Waals surface area (Å²) in [5, 5.41) is 15.0. The van der Waals surface area contributed by atoms with Gasteiger partial charge in [0.2, 0.25) is 0 Å². The minimum absolute atomic E-state index is 0.175. The van der Waals surface area contributed by atoms with Gasteiger partial charge in [-0.05, 0) is 55.7 Å². The third-order valence-corrected chi connectivity index (χ3v) is 5.04. The summed E-state index contributed by atoms with van der Waals surface area (Å²) >= 11 is 0. The Bertz CT molecular complexity index is 1050. The maximum absolute atomic E-state index is 12.4. The first-order valence-electron chi connectivity index (χ1n) is 9.97. The summed E-state index contributed by atoms with van der Waals surface area (Å²) in [6.45, 7) is 2.22. The summed E-state index contributed by atoms with van der Waals surface area (Å²) in [4.78, 5) is 23.3. The minimum atomic E-state index is -0.414. The Morgan fingerprint density at radius 1 is 0.967 bits per heavy atom. The van der Waals surface area contributed by atoms with Gasteiger partial charge in [-0.3, -0.25) is 4.79 Å². The molecule has 0 aliphatic carbocycles. The molecule has 1 fully saturated rings. The van der Waals surface area contributed by atoms with Gasteiger partial charge in [0.15, 0.2) is 0 Å². The average Bonchev–Trinajstić information content (AvgIpc) is 2.81. The highest BCUT2D eigenvalue weighted by Gasteiger charge is 2.12. The molecule has 7 nitrogen and oxygen atoms in total. The fourth-order valence-electron chi connectivity index (χ4n) is 3.44. The van der Waals surface area contributed by atoms with E-state index in [0.717, 1.165) is 18.8 Å². The fourth-order valence-corrected chi connectivity index (χ4v) is 3.44. The number of carbonyl (C=O) groups is 1. The number of para-hydroxylation sites is 1. The predicted octanol–water partition coefficient (Wildman–Crippen LogP) is 4.33. The van der Waals surface area contributed by atoms with Gasteiger partial charge < -0.3 is 15.5 Å². The van der Waals surface area contributed by atoms with E-state index in [1.807, 2.05) is 18.2 Å². The van der Waals surface area contributed by atoms with Gasteiger partial charge in [0.25, 0.3) is 5.91 Å². The normalized spacial score (nSPS) is 13.4. The standard InChI is InChI=1S/C23H22N6O/c24-14-17-6-2-3-7-20(17)28-23(30)21-15-26-22(16-25-21)27-18-8-10-19(11-9-18)29-12-4-1-5-13-29/h2-3,6-11,15-16H,1,4-5,12-13H2,(H,26,27)(H,28,30). The number of nitrogens with zero attached hydrogens (tertiary/aromatic N) is 4. The summed E-state index contributed by atoms with van der Waals surface area (Å²) < 4.78 is 0. The molecule has 1 aromatic heterocycles. The van der Waals surface area contributed by atoms with Crippen molar-refractivity contribution in [2.45, 2.75) is 19.3 Å². The van der Waals surface area contributed by atoms with Gasteiger partial charge >= 0.3 is 0 Å². The fraction of sp³-hybridized carbons (Fsp3) is 0.217. The molecule has 0 bridgehead atoms. The van der Waals surface area contributed by atoms with Crippen LogP contribution in [0.25, 0.3) is 0 Å². The molecule has 0 saturated carbocycles. The molecule has 1 saturated heterocycles. The van der Waals surface area contributed by atoms with Gasteiger partial charge in [-0.1, -0.05) is 12.1 Å². The van der Waals surface area contributed by atoms with Gasteiger partial charge in [-0.15, -0.1) is 0 Å². The van der Waals surface area contributed by atoms with Crippen LogP contribution in [0.2, 0.25) is 0 Å². The Morgan fingerprint density at radius 3 is 2.43 bits per heavy atom. The van der Waals surface area contributed by atoms with Gasteiger partial charge in [0, 0.05) is 24.5 Å². The Morgan fingerprint density at radius 2 is 1.73 bits per heavy atom. The van der Waals surface area contributed by atoms with Crippen LogP contribution in [-0.2, 0) is 0 Å². The number of aromatic nitrogens is 2. The zero-order valence-electron chi connectivity index (χ0n) is 16.5. The molecule has 150 valence electrons. The zero-order chi connectivity index (χ0) is 20.8. The third kappa shape index (κ3) is 4.55. The molecule has 30 heavy (non-hydrogen) atoms. The van der Waals surface area contributed by atoms with E-state index < -0.39 is 5.91 Å². The van der Waals surface area contributed by atoms with Crippen LogP contribution < -0.4 is 15.5 Å². The van der Waals surface area contributed by atoms with E-state index in [4.69, 9.17) is 5.26 Å². The zero-order valence-corrected chi connectivity index (χ0v) is 16.5. The van der Waals surface area contributed by atoms with Crippen molar-refractivity contribution in [3.05, 3.63) is 72.2 Å². The van der Waals surface area contributed by atoms with Gasteiger partial charge in [0.1, 0.15) is 17.6 Å². The Labute approximate surface area is 175 Å². The predicted molar refractivity (Wildman–Crippen MR) is 117 cm³/mol. The van der Waals surface area contributed by atoms with Crippen LogP contribution in [0, 0.1) is 11.3 Å². The highest BCUT2D eigenvalue weighted by atomic mass is 16.1. The monoisotopic (exact) mass is 398 g/mol. The van der Waals surface area contributed by atoms with Crippen molar-refractivity contribution in [1.82, 2.24) is 9.97 Å². The number of nitriles is 1. The lowest BCUT2D eigenvalue weighted by molar-refractivity contribution is 0.102.